The number of esters is 1. The lowest BCUT2D eigenvalue weighted by Crippen LogP contribution is -1.97. The Hall–Kier alpha value is -2.68. The Morgan fingerprint density at radius 2 is 1.74 bits per heavy atom. The van der Waals surface area contributed by atoms with Crippen molar-refractivity contribution in [2.45, 2.75) is 19.8 Å². The maximum Gasteiger partial charge on any atom is 0.343 e. The minimum Gasteiger partial charge on any atom is -0.422 e. The Morgan fingerprint density at radius 1 is 1.04 bits per heavy atom. The molecule has 1 heterocycles. The fourth-order valence-electron chi connectivity index (χ4n) is 2.42. The summed E-state index contributed by atoms with van der Waals surface area (Å²) in [5.74, 6) is 0.112. The van der Waals surface area contributed by atoms with E-state index in [9.17, 15) is 9.18 Å². The van der Waals surface area contributed by atoms with Crippen molar-refractivity contribution in [1.29, 1.82) is 0 Å². The molecule has 0 amide bonds. The second kappa shape index (κ2) is 6.21. The summed E-state index contributed by atoms with van der Waals surface area (Å²) in [5.41, 5.74) is 2.77. The minimum atomic E-state index is -0.462. The molecule has 0 radical (unpaired) electrons. The molecule has 2 aromatic rings. The summed E-state index contributed by atoms with van der Waals surface area (Å²) in [5, 5.41) is 0. The number of rotatable bonds is 3. The van der Waals surface area contributed by atoms with E-state index in [2.05, 4.69) is 13.8 Å². The molecule has 3 heteroatoms. The Labute approximate surface area is 134 Å². The Morgan fingerprint density at radius 3 is 2.39 bits per heavy atom. The molecular weight excluding hydrogens is 291 g/mol. The van der Waals surface area contributed by atoms with Crippen molar-refractivity contribution < 1.29 is 13.9 Å². The fraction of sp³-hybridized carbons (Fsp3) is 0.150. The first-order valence-corrected chi connectivity index (χ1v) is 7.55. The van der Waals surface area contributed by atoms with Crippen LogP contribution in [0.5, 0.6) is 0 Å². The van der Waals surface area contributed by atoms with Gasteiger partial charge in [-0.2, -0.15) is 0 Å². The molecule has 0 saturated carbocycles. The second-order valence-corrected chi connectivity index (χ2v) is 5.80. The number of halogens is 1. The maximum absolute atomic E-state index is 13.7. The van der Waals surface area contributed by atoms with Crippen LogP contribution in [0.25, 0.3) is 11.8 Å². The molecule has 0 unspecified atom stereocenters. The first-order valence-electron chi connectivity index (χ1n) is 7.55. The molecule has 2 nitrogen and oxygen atoms in total. The van der Waals surface area contributed by atoms with E-state index in [1.807, 2.05) is 24.3 Å². The molecule has 0 aliphatic carbocycles. The summed E-state index contributed by atoms with van der Waals surface area (Å²) < 4.78 is 19.0. The second-order valence-electron chi connectivity index (χ2n) is 5.80. The lowest BCUT2D eigenvalue weighted by Gasteiger charge is -2.06. The molecule has 0 saturated heterocycles. The van der Waals surface area contributed by atoms with Gasteiger partial charge in [0.2, 0.25) is 0 Å². The van der Waals surface area contributed by atoms with Crippen LogP contribution in [0.3, 0.4) is 0 Å². The zero-order valence-corrected chi connectivity index (χ0v) is 13.0. The summed E-state index contributed by atoms with van der Waals surface area (Å²) in [6, 6.07) is 14.2. The third kappa shape index (κ3) is 3.24. The number of carbonyl (C=O) groups excluding carboxylic acids is 1. The Kier molecular flexibility index (Phi) is 4.11. The summed E-state index contributed by atoms with van der Waals surface area (Å²) in [4.78, 5) is 12.0. The highest BCUT2D eigenvalue weighted by Crippen LogP contribution is 2.28. The Balaban J connectivity index is 1.91. The van der Waals surface area contributed by atoms with Crippen molar-refractivity contribution in [1.82, 2.24) is 0 Å². The van der Waals surface area contributed by atoms with Crippen LogP contribution in [-0.4, -0.2) is 5.97 Å². The Bertz CT molecular complexity index is 799. The van der Waals surface area contributed by atoms with Crippen molar-refractivity contribution in [2.24, 2.45) is 0 Å². The molecular formula is C20H17FO2. The van der Waals surface area contributed by atoms with Gasteiger partial charge in [0.25, 0.3) is 0 Å². The predicted molar refractivity (Wildman–Crippen MR) is 89.0 cm³/mol. The van der Waals surface area contributed by atoms with Crippen molar-refractivity contribution in [2.75, 3.05) is 0 Å². The average molecular weight is 308 g/mol. The van der Waals surface area contributed by atoms with Crippen LogP contribution in [0, 0.1) is 5.82 Å². The zero-order valence-electron chi connectivity index (χ0n) is 13.0. The van der Waals surface area contributed by atoms with Crippen LogP contribution in [0.4, 0.5) is 4.39 Å². The first kappa shape index (κ1) is 15.2. The molecule has 23 heavy (non-hydrogen) atoms. The van der Waals surface area contributed by atoms with Gasteiger partial charge in [-0.15, -0.1) is 0 Å². The van der Waals surface area contributed by atoms with Gasteiger partial charge in [0.1, 0.15) is 11.6 Å². The number of hydrogen-bond donors (Lipinski definition) is 0. The van der Waals surface area contributed by atoms with Gasteiger partial charge in [-0.05, 0) is 29.7 Å². The van der Waals surface area contributed by atoms with Crippen LogP contribution < -0.4 is 0 Å². The summed E-state index contributed by atoms with van der Waals surface area (Å²) >= 11 is 0. The van der Waals surface area contributed by atoms with Gasteiger partial charge >= 0.3 is 5.97 Å². The highest BCUT2D eigenvalue weighted by molar-refractivity contribution is 6.05. The van der Waals surface area contributed by atoms with Crippen LogP contribution in [0.1, 0.15) is 36.5 Å². The average Bonchev–Trinajstić information content (AvgIpc) is 2.91. The van der Waals surface area contributed by atoms with Crippen molar-refractivity contribution >= 4 is 17.8 Å². The summed E-state index contributed by atoms with van der Waals surface area (Å²) in [6.45, 7) is 4.25. The highest BCUT2D eigenvalue weighted by atomic mass is 19.1. The van der Waals surface area contributed by atoms with E-state index < -0.39 is 5.97 Å². The van der Waals surface area contributed by atoms with Gasteiger partial charge in [-0.3, -0.25) is 0 Å². The minimum absolute atomic E-state index is 0.345. The van der Waals surface area contributed by atoms with E-state index in [1.165, 1.54) is 17.7 Å². The fourth-order valence-corrected chi connectivity index (χ4v) is 2.42. The van der Waals surface area contributed by atoms with Gasteiger partial charge in [0.15, 0.2) is 0 Å². The molecule has 0 atom stereocenters. The van der Waals surface area contributed by atoms with Crippen LogP contribution >= 0.6 is 0 Å². The quantitative estimate of drug-likeness (QED) is 0.593. The lowest BCUT2D eigenvalue weighted by molar-refractivity contribution is -0.130. The van der Waals surface area contributed by atoms with E-state index in [-0.39, 0.29) is 5.82 Å². The van der Waals surface area contributed by atoms with Gasteiger partial charge in [-0.25, -0.2) is 9.18 Å². The summed E-state index contributed by atoms with van der Waals surface area (Å²) in [7, 11) is 0. The lowest BCUT2D eigenvalue weighted by atomic mass is 10.0. The molecule has 0 spiro atoms. The van der Waals surface area contributed by atoms with Crippen LogP contribution in [0.15, 0.2) is 60.2 Å². The molecule has 0 aromatic heterocycles. The van der Waals surface area contributed by atoms with E-state index in [0.717, 1.165) is 5.56 Å². The van der Waals surface area contributed by atoms with Gasteiger partial charge in [-0.1, -0.05) is 56.3 Å². The number of cyclic esters (lactones) is 1. The van der Waals surface area contributed by atoms with Crippen LogP contribution in [0.2, 0.25) is 0 Å². The molecule has 2 aromatic carbocycles. The zero-order chi connectivity index (χ0) is 16.4. The van der Waals surface area contributed by atoms with Crippen molar-refractivity contribution in [3.8, 4) is 0 Å². The van der Waals surface area contributed by atoms with E-state index in [4.69, 9.17) is 4.74 Å². The predicted octanol–water partition coefficient (Wildman–Crippen LogP) is 4.93. The van der Waals surface area contributed by atoms with Gasteiger partial charge < -0.3 is 4.74 Å². The monoisotopic (exact) mass is 308 g/mol. The van der Waals surface area contributed by atoms with Crippen LogP contribution in [-0.2, 0) is 9.53 Å². The number of hydrogen-bond acceptors (Lipinski definition) is 2. The topological polar surface area (TPSA) is 26.3 Å². The SMILES string of the molecule is CC(C)c1ccc(C2=C/C(=C\c3ccccc3F)C(=O)O2)cc1. The standard InChI is InChI=1S/C20H17FO2/c1-13(2)14-7-9-15(10-8-14)19-12-17(20(22)23-19)11-16-5-3-4-6-18(16)21/h3-13H,1-2H3/b17-11+. The van der Waals surface area contributed by atoms with Gasteiger partial charge in [0.05, 0.1) is 5.57 Å². The molecule has 3 rings (SSSR count). The normalized spacial score (nSPS) is 15.9. The largest absolute Gasteiger partial charge is 0.422 e. The third-order valence-corrected chi connectivity index (χ3v) is 3.80. The van der Waals surface area contributed by atoms with Crippen molar-refractivity contribution in [3.63, 3.8) is 0 Å². The molecule has 116 valence electrons. The number of carbonyl (C=O) groups is 1. The van der Waals surface area contributed by atoms with E-state index in [1.54, 1.807) is 24.3 Å². The molecule has 1 aliphatic rings. The third-order valence-electron chi connectivity index (χ3n) is 3.80. The molecule has 1 aliphatic heterocycles. The molecule has 0 fully saturated rings. The molecule has 0 bridgehead atoms. The highest BCUT2D eigenvalue weighted by Gasteiger charge is 2.22. The van der Waals surface area contributed by atoms with E-state index in [0.29, 0.717) is 22.8 Å². The first-order chi connectivity index (χ1) is 11.0. The van der Waals surface area contributed by atoms with E-state index >= 15 is 0 Å². The number of ether oxygens (including phenoxy) is 1. The van der Waals surface area contributed by atoms with Crippen molar-refractivity contribution in [3.05, 3.63) is 82.7 Å². The van der Waals surface area contributed by atoms with Gasteiger partial charge in [0, 0.05) is 11.1 Å². The molecule has 0 N–H and O–H groups in total. The smallest absolute Gasteiger partial charge is 0.343 e. The maximum atomic E-state index is 13.7. The number of benzene rings is 2. The summed E-state index contributed by atoms with van der Waals surface area (Å²) in [6.07, 6.45) is 3.16.